The highest BCUT2D eigenvalue weighted by Crippen LogP contribution is 2.40. The van der Waals surface area contributed by atoms with Crippen LogP contribution in [-0.2, 0) is 25.5 Å². The number of aromatic amines is 1. The Hall–Kier alpha value is -4.91. The van der Waals surface area contributed by atoms with Gasteiger partial charge in [-0.1, -0.05) is 24.6 Å². The van der Waals surface area contributed by atoms with Crippen LogP contribution in [0.3, 0.4) is 0 Å². The van der Waals surface area contributed by atoms with Gasteiger partial charge in [0.2, 0.25) is 12.6 Å². The fourth-order valence-electron chi connectivity index (χ4n) is 5.85. The van der Waals surface area contributed by atoms with Gasteiger partial charge in [0.05, 0.1) is 22.6 Å². The molecule has 2 aliphatic rings. The number of ether oxygens (including phenoxy) is 4. The minimum Gasteiger partial charge on any atom is -0.431 e. The van der Waals surface area contributed by atoms with E-state index in [1.807, 2.05) is 65.9 Å². The molecule has 1 saturated carbocycles. The number of aromatic nitrogens is 5. The molecule has 2 atom stereocenters. The molecule has 1 fully saturated rings. The van der Waals surface area contributed by atoms with Gasteiger partial charge in [-0.3, -0.25) is 0 Å². The zero-order valence-corrected chi connectivity index (χ0v) is 25.6. The first-order chi connectivity index (χ1) is 21.9. The molecule has 1 aliphatic heterocycles. The Bertz CT molecular complexity index is 1620. The van der Waals surface area contributed by atoms with E-state index in [-0.39, 0.29) is 6.10 Å². The summed E-state index contributed by atoms with van der Waals surface area (Å²) in [7, 11) is 0. The maximum absolute atomic E-state index is 13.4. The number of tetrazole rings is 1. The normalized spacial score (nSPS) is 17.0. The monoisotopic (exact) mass is 615 g/mol. The van der Waals surface area contributed by atoms with E-state index in [2.05, 4.69) is 25.9 Å². The number of nitrogens with one attached hydrogen (secondary N) is 2. The summed E-state index contributed by atoms with van der Waals surface area (Å²) >= 11 is 0. The van der Waals surface area contributed by atoms with E-state index in [4.69, 9.17) is 18.9 Å². The predicted molar refractivity (Wildman–Crippen MR) is 165 cm³/mol. The van der Waals surface area contributed by atoms with Crippen molar-refractivity contribution in [3.8, 4) is 17.2 Å². The van der Waals surface area contributed by atoms with Gasteiger partial charge in [-0.05, 0) is 91.4 Å². The number of aryl methyl sites for hydroxylation is 1. The molecule has 13 heteroatoms. The minimum absolute atomic E-state index is 0.157. The average Bonchev–Trinajstić information content (AvgIpc) is 3.77. The van der Waals surface area contributed by atoms with Crippen molar-refractivity contribution in [1.82, 2.24) is 25.2 Å². The summed E-state index contributed by atoms with van der Waals surface area (Å²) < 4.78 is 24.3. The fourth-order valence-corrected chi connectivity index (χ4v) is 5.85. The molecule has 2 unspecified atom stereocenters. The van der Waals surface area contributed by atoms with Crippen molar-refractivity contribution in [2.75, 3.05) is 16.8 Å². The van der Waals surface area contributed by atoms with Gasteiger partial charge in [0.1, 0.15) is 6.10 Å². The van der Waals surface area contributed by atoms with Crippen LogP contribution in [0, 0.1) is 6.92 Å². The topological polar surface area (TPSA) is 146 Å². The predicted octanol–water partition coefficient (Wildman–Crippen LogP) is 5.71. The Balaban J connectivity index is 1.18. The van der Waals surface area contributed by atoms with Crippen LogP contribution in [-0.4, -0.2) is 62.7 Å². The number of fused-ring (bicyclic) bond motifs is 1. The Kier molecular flexibility index (Phi) is 8.96. The average molecular weight is 616 g/mol. The number of hydrogen-bond donors (Lipinski definition) is 2. The smallest absolute Gasteiger partial charge is 0.431 e. The molecule has 0 radical (unpaired) electrons. The van der Waals surface area contributed by atoms with E-state index in [1.54, 1.807) is 12.1 Å². The van der Waals surface area contributed by atoms with Gasteiger partial charge in [0.15, 0.2) is 5.82 Å². The number of anilines is 2. The molecule has 2 aromatic heterocycles. The second-order valence-electron chi connectivity index (χ2n) is 11.2. The van der Waals surface area contributed by atoms with Gasteiger partial charge in [0, 0.05) is 32.0 Å². The third-order valence-corrected chi connectivity index (χ3v) is 7.89. The summed E-state index contributed by atoms with van der Waals surface area (Å²) in [4.78, 5) is 27.7. The van der Waals surface area contributed by atoms with E-state index in [9.17, 15) is 9.59 Å². The lowest BCUT2D eigenvalue weighted by molar-refractivity contribution is -0.0914. The molecular weight excluding hydrogens is 578 g/mol. The van der Waals surface area contributed by atoms with Crippen LogP contribution in [0.5, 0.6) is 0 Å². The largest absolute Gasteiger partial charge is 0.511 e. The molecule has 2 aromatic carbocycles. The molecular formula is C32H37N7O6. The van der Waals surface area contributed by atoms with E-state index >= 15 is 0 Å². The number of hydrogen-bond acceptors (Lipinski definition) is 11. The molecule has 6 rings (SSSR count). The highest BCUT2D eigenvalue weighted by atomic mass is 16.8. The number of para-hydroxylation sites is 1. The summed E-state index contributed by atoms with van der Waals surface area (Å²) in [6.07, 6.45) is 4.23. The number of carbonyl (C=O) groups excluding carboxylic acids is 2. The van der Waals surface area contributed by atoms with Crippen molar-refractivity contribution < 1.29 is 28.5 Å². The Morgan fingerprint density at radius 1 is 1.07 bits per heavy atom. The van der Waals surface area contributed by atoms with Crippen LogP contribution >= 0.6 is 0 Å². The molecule has 4 aromatic rings. The third kappa shape index (κ3) is 6.78. The lowest BCUT2D eigenvalue weighted by Gasteiger charge is -2.27. The van der Waals surface area contributed by atoms with Crippen LogP contribution < -0.4 is 10.2 Å². The summed E-state index contributed by atoms with van der Waals surface area (Å²) in [5.41, 5.74) is 5.56. The van der Waals surface area contributed by atoms with Gasteiger partial charge < -0.3 is 33.7 Å². The van der Waals surface area contributed by atoms with Crippen LogP contribution in [0.2, 0.25) is 0 Å². The number of benzene rings is 2. The third-order valence-electron chi connectivity index (χ3n) is 7.89. The molecule has 0 spiro atoms. The number of carbonyl (C=O) groups is 2. The van der Waals surface area contributed by atoms with Crippen LogP contribution in [0.4, 0.5) is 16.2 Å². The molecule has 1 aliphatic carbocycles. The number of nitrogens with zero attached hydrogens (tertiary/aromatic N) is 5. The standard InChI is InChI=1S/C32H37N7O6/c1-4-42-31-33-26-12-8-11-25(30(40)43-21(3)44-32(41)45-24-9-6-5-7-10-24)28(26)39(31)19-22-13-15-23(16-14-22)38-18-20(2)17-27(38)29-34-36-37-35-29/h8,11-18,21,24,31,33H,4-7,9-10,19H2,1-3H3,(H,34,35,36,37). The van der Waals surface area contributed by atoms with Crippen molar-refractivity contribution >= 4 is 23.5 Å². The van der Waals surface area contributed by atoms with Gasteiger partial charge in [-0.15, -0.1) is 5.10 Å². The Labute approximate surface area is 260 Å². The molecule has 236 valence electrons. The van der Waals surface area contributed by atoms with Crippen molar-refractivity contribution in [3.05, 3.63) is 71.4 Å². The first-order valence-electron chi connectivity index (χ1n) is 15.3. The van der Waals surface area contributed by atoms with Gasteiger partial charge >= 0.3 is 12.1 Å². The number of esters is 1. The molecule has 0 amide bonds. The maximum atomic E-state index is 13.4. The quantitative estimate of drug-likeness (QED) is 0.167. The maximum Gasteiger partial charge on any atom is 0.511 e. The lowest BCUT2D eigenvalue weighted by Crippen LogP contribution is -2.38. The molecule has 45 heavy (non-hydrogen) atoms. The van der Waals surface area contributed by atoms with Gasteiger partial charge in [-0.2, -0.15) is 0 Å². The summed E-state index contributed by atoms with van der Waals surface area (Å²) in [6.45, 7) is 6.33. The molecule has 0 saturated heterocycles. The summed E-state index contributed by atoms with van der Waals surface area (Å²) in [5, 5.41) is 17.7. The van der Waals surface area contributed by atoms with Crippen LogP contribution in [0.1, 0.15) is 67.4 Å². The van der Waals surface area contributed by atoms with E-state index in [1.165, 1.54) is 6.92 Å². The Morgan fingerprint density at radius 2 is 1.87 bits per heavy atom. The first-order valence-corrected chi connectivity index (χ1v) is 15.3. The summed E-state index contributed by atoms with van der Waals surface area (Å²) in [5.74, 6) is -0.0479. The minimum atomic E-state index is -1.13. The molecule has 3 heterocycles. The molecule has 0 bridgehead atoms. The lowest BCUT2D eigenvalue weighted by atomic mass is 9.98. The van der Waals surface area contributed by atoms with E-state index in [0.29, 0.717) is 30.2 Å². The van der Waals surface area contributed by atoms with Crippen molar-refractivity contribution in [3.63, 3.8) is 0 Å². The molecule has 13 nitrogen and oxygen atoms in total. The van der Waals surface area contributed by atoms with Crippen LogP contribution in [0.15, 0.2) is 54.7 Å². The zero-order valence-electron chi connectivity index (χ0n) is 25.6. The van der Waals surface area contributed by atoms with E-state index in [0.717, 1.165) is 60.3 Å². The fraction of sp³-hybridized carbons (Fsp3) is 0.406. The van der Waals surface area contributed by atoms with Crippen molar-refractivity contribution in [1.29, 1.82) is 0 Å². The number of rotatable bonds is 10. The van der Waals surface area contributed by atoms with Crippen molar-refractivity contribution in [2.24, 2.45) is 0 Å². The van der Waals surface area contributed by atoms with E-state index < -0.39 is 24.8 Å². The van der Waals surface area contributed by atoms with Crippen LogP contribution in [0.25, 0.3) is 17.2 Å². The van der Waals surface area contributed by atoms with Crippen molar-refractivity contribution in [2.45, 2.75) is 78.2 Å². The van der Waals surface area contributed by atoms with Gasteiger partial charge in [-0.25, -0.2) is 14.7 Å². The SMILES string of the molecule is CCOC1Nc2cccc(C(=O)OC(C)OC(=O)OC3CCCCC3)c2N1Cc1ccc(-n2cc(C)cc2-c2nnn[nH]2)cc1. The second kappa shape index (κ2) is 13.4. The zero-order chi connectivity index (χ0) is 31.3. The number of H-pyrrole nitrogens is 1. The molecule has 2 N–H and O–H groups in total. The first kappa shape index (κ1) is 30.1. The summed E-state index contributed by atoms with van der Waals surface area (Å²) in [6, 6.07) is 15.5. The van der Waals surface area contributed by atoms with Gasteiger partial charge in [0.25, 0.3) is 0 Å². The highest BCUT2D eigenvalue weighted by molar-refractivity contribution is 6.01. The Morgan fingerprint density at radius 3 is 2.60 bits per heavy atom. The highest BCUT2D eigenvalue weighted by Gasteiger charge is 2.34. The second-order valence-corrected chi connectivity index (χ2v) is 11.2.